The van der Waals surface area contributed by atoms with Crippen molar-refractivity contribution >= 4 is 34.8 Å². The first-order chi connectivity index (χ1) is 8.69. The molecule has 1 fully saturated rings. The lowest BCUT2D eigenvalue weighted by molar-refractivity contribution is 0.291. The Morgan fingerprint density at radius 1 is 1.39 bits per heavy atom. The van der Waals surface area contributed by atoms with Gasteiger partial charge in [0.15, 0.2) is 0 Å². The maximum Gasteiger partial charge on any atom is 0.133 e. The molecule has 2 heterocycles. The Bertz CT molecular complexity index is 418. The molecule has 1 aromatic heterocycles. The Labute approximate surface area is 117 Å². The average Bonchev–Trinajstić information content (AvgIpc) is 2.39. The van der Waals surface area contributed by atoms with Crippen LogP contribution >= 0.6 is 24.0 Å². The van der Waals surface area contributed by atoms with Gasteiger partial charge in [0.2, 0.25) is 0 Å². The summed E-state index contributed by atoms with van der Waals surface area (Å²) < 4.78 is 0. The summed E-state index contributed by atoms with van der Waals surface area (Å²) in [6, 6.07) is 2.04. The molecule has 2 rings (SSSR count). The molecule has 0 amide bonds. The summed E-state index contributed by atoms with van der Waals surface area (Å²) in [5.41, 5.74) is 5.56. The van der Waals surface area contributed by atoms with E-state index in [4.69, 9.17) is 18.0 Å². The fourth-order valence-electron chi connectivity index (χ4n) is 1.97. The van der Waals surface area contributed by atoms with Gasteiger partial charge < -0.3 is 10.6 Å². The molecule has 5 nitrogen and oxygen atoms in total. The van der Waals surface area contributed by atoms with Crippen molar-refractivity contribution in [1.29, 1.82) is 0 Å². The number of anilines is 1. The van der Waals surface area contributed by atoms with Gasteiger partial charge in [-0.3, -0.25) is 4.90 Å². The number of piperazine rings is 1. The van der Waals surface area contributed by atoms with E-state index in [9.17, 15) is 0 Å². The van der Waals surface area contributed by atoms with E-state index in [2.05, 4.69) is 19.8 Å². The molecule has 0 aliphatic carbocycles. The Hall–Kier alpha value is -0.920. The van der Waals surface area contributed by atoms with Crippen LogP contribution < -0.4 is 10.6 Å². The fraction of sp³-hybridized carbons (Fsp3) is 0.545. The van der Waals surface area contributed by atoms with Gasteiger partial charge in [0.1, 0.15) is 17.2 Å². The topological polar surface area (TPSA) is 58.3 Å². The maximum absolute atomic E-state index is 5.56. The molecule has 1 aromatic rings. The first kappa shape index (κ1) is 13.5. The second-order valence-electron chi connectivity index (χ2n) is 4.15. The molecular weight excluding hydrogens is 266 g/mol. The molecular formula is C11H17N5S2. The largest absolute Gasteiger partial charge is 0.392 e. The summed E-state index contributed by atoms with van der Waals surface area (Å²) in [6.45, 7) is 4.55. The predicted molar refractivity (Wildman–Crippen MR) is 79.3 cm³/mol. The Morgan fingerprint density at radius 3 is 2.72 bits per heavy atom. The summed E-state index contributed by atoms with van der Waals surface area (Å²) in [5, 5.41) is 1.01. The van der Waals surface area contributed by atoms with Crippen molar-refractivity contribution in [2.75, 3.05) is 43.9 Å². The Kier molecular flexibility index (Phi) is 4.73. The van der Waals surface area contributed by atoms with Gasteiger partial charge in [0.25, 0.3) is 0 Å². The normalized spacial score (nSPS) is 16.8. The number of rotatable bonds is 4. The lowest BCUT2D eigenvalue weighted by Gasteiger charge is -2.35. The number of nitrogens with two attached hydrogens (primary N) is 1. The van der Waals surface area contributed by atoms with Crippen LogP contribution in [0, 0.1) is 0 Å². The minimum atomic E-state index is 0.565. The van der Waals surface area contributed by atoms with Crippen molar-refractivity contribution in [3.8, 4) is 0 Å². The standard InChI is InChI=1S/C11H17N5S2/c1-18-11-6-10(13-8-14-11)16-4-2-15(3-5-16)7-9(12)17/h6,8H,2-5,7H2,1H3,(H2,12,17). The first-order valence-electron chi connectivity index (χ1n) is 5.80. The van der Waals surface area contributed by atoms with Crippen LogP contribution in [0.15, 0.2) is 17.4 Å². The van der Waals surface area contributed by atoms with Crippen LogP contribution in [0.1, 0.15) is 0 Å². The van der Waals surface area contributed by atoms with Crippen molar-refractivity contribution in [1.82, 2.24) is 14.9 Å². The smallest absolute Gasteiger partial charge is 0.133 e. The molecule has 0 aromatic carbocycles. The lowest BCUT2D eigenvalue weighted by Crippen LogP contribution is -2.48. The zero-order valence-electron chi connectivity index (χ0n) is 10.4. The number of thiocarbonyl (C=S) groups is 1. The predicted octanol–water partition coefficient (Wildman–Crippen LogP) is 0.607. The van der Waals surface area contributed by atoms with Crippen molar-refractivity contribution in [2.45, 2.75) is 5.03 Å². The van der Waals surface area contributed by atoms with Crippen LogP contribution in [0.4, 0.5) is 5.82 Å². The van der Waals surface area contributed by atoms with Crippen LogP contribution in [-0.4, -0.2) is 58.8 Å². The summed E-state index contributed by atoms with van der Waals surface area (Å²) in [7, 11) is 0. The zero-order chi connectivity index (χ0) is 13.0. The molecule has 0 unspecified atom stereocenters. The van der Waals surface area contributed by atoms with Gasteiger partial charge in [-0.25, -0.2) is 9.97 Å². The van der Waals surface area contributed by atoms with Crippen LogP contribution in [0.2, 0.25) is 0 Å². The molecule has 2 N–H and O–H groups in total. The van der Waals surface area contributed by atoms with Crippen LogP contribution in [0.3, 0.4) is 0 Å². The van der Waals surface area contributed by atoms with E-state index in [1.165, 1.54) is 0 Å². The molecule has 7 heteroatoms. The lowest BCUT2D eigenvalue weighted by atomic mass is 10.3. The van der Waals surface area contributed by atoms with Crippen LogP contribution in [-0.2, 0) is 0 Å². The number of hydrogen-bond donors (Lipinski definition) is 1. The monoisotopic (exact) mass is 283 g/mol. The maximum atomic E-state index is 5.56. The van der Waals surface area contributed by atoms with Gasteiger partial charge in [0.05, 0.1) is 4.99 Å². The molecule has 0 saturated carbocycles. The molecule has 18 heavy (non-hydrogen) atoms. The summed E-state index contributed by atoms with van der Waals surface area (Å²) >= 11 is 6.57. The van der Waals surface area contributed by atoms with Crippen molar-refractivity contribution in [3.05, 3.63) is 12.4 Å². The molecule has 0 bridgehead atoms. The molecule has 98 valence electrons. The van der Waals surface area contributed by atoms with Crippen LogP contribution in [0.25, 0.3) is 0 Å². The van der Waals surface area contributed by atoms with Crippen molar-refractivity contribution < 1.29 is 0 Å². The Morgan fingerprint density at radius 2 is 2.11 bits per heavy atom. The quantitative estimate of drug-likeness (QED) is 0.493. The number of hydrogen-bond acceptors (Lipinski definition) is 6. The second kappa shape index (κ2) is 6.31. The van der Waals surface area contributed by atoms with Gasteiger partial charge in [-0.05, 0) is 6.26 Å². The molecule has 0 atom stereocenters. The third-order valence-electron chi connectivity index (χ3n) is 2.91. The van der Waals surface area contributed by atoms with E-state index in [0.717, 1.165) is 37.0 Å². The third kappa shape index (κ3) is 3.54. The van der Waals surface area contributed by atoms with Crippen molar-refractivity contribution in [2.24, 2.45) is 5.73 Å². The third-order valence-corrected chi connectivity index (χ3v) is 3.68. The SMILES string of the molecule is CSc1cc(N2CCN(CC(N)=S)CC2)ncn1. The highest BCUT2D eigenvalue weighted by atomic mass is 32.2. The van der Waals surface area contributed by atoms with Gasteiger partial charge in [-0.2, -0.15) is 0 Å². The Balaban J connectivity index is 1.94. The molecule has 1 aliphatic heterocycles. The second-order valence-corrected chi connectivity index (χ2v) is 5.50. The van der Waals surface area contributed by atoms with Gasteiger partial charge in [-0.1, -0.05) is 12.2 Å². The van der Waals surface area contributed by atoms with E-state index in [1.54, 1.807) is 18.1 Å². The molecule has 1 saturated heterocycles. The van der Waals surface area contributed by atoms with Crippen molar-refractivity contribution in [3.63, 3.8) is 0 Å². The van der Waals surface area contributed by atoms with E-state index < -0.39 is 0 Å². The van der Waals surface area contributed by atoms with E-state index >= 15 is 0 Å². The van der Waals surface area contributed by atoms with Crippen LogP contribution in [0.5, 0.6) is 0 Å². The number of nitrogens with zero attached hydrogens (tertiary/aromatic N) is 4. The van der Waals surface area contributed by atoms with Gasteiger partial charge in [0, 0.05) is 38.8 Å². The summed E-state index contributed by atoms with van der Waals surface area (Å²) in [5.74, 6) is 1.00. The van der Waals surface area contributed by atoms with Gasteiger partial charge in [-0.15, -0.1) is 11.8 Å². The highest BCUT2D eigenvalue weighted by Gasteiger charge is 2.18. The fourth-order valence-corrected chi connectivity index (χ4v) is 2.53. The number of aromatic nitrogens is 2. The number of thioether (sulfide) groups is 1. The summed E-state index contributed by atoms with van der Waals surface area (Å²) in [6.07, 6.45) is 3.65. The first-order valence-corrected chi connectivity index (χ1v) is 7.44. The molecule has 0 radical (unpaired) electrons. The molecule has 0 spiro atoms. The highest BCUT2D eigenvalue weighted by Crippen LogP contribution is 2.18. The average molecular weight is 283 g/mol. The van der Waals surface area contributed by atoms with E-state index in [1.807, 2.05) is 12.3 Å². The summed E-state index contributed by atoms with van der Waals surface area (Å²) in [4.78, 5) is 13.6. The highest BCUT2D eigenvalue weighted by molar-refractivity contribution is 7.98. The van der Waals surface area contributed by atoms with E-state index in [0.29, 0.717) is 11.5 Å². The molecule has 1 aliphatic rings. The van der Waals surface area contributed by atoms with Gasteiger partial charge >= 0.3 is 0 Å². The minimum Gasteiger partial charge on any atom is -0.392 e. The van der Waals surface area contributed by atoms with E-state index in [-0.39, 0.29) is 0 Å². The zero-order valence-corrected chi connectivity index (χ0v) is 12.0. The minimum absolute atomic E-state index is 0.565.